The van der Waals surface area contributed by atoms with Crippen molar-refractivity contribution < 1.29 is 13.9 Å². The molecule has 0 radical (unpaired) electrons. The number of imidazole rings is 1. The second kappa shape index (κ2) is 9.72. The van der Waals surface area contributed by atoms with Gasteiger partial charge in [-0.05, 0) is 32.5 Å². The molecular weight excluding hydrogens is 467 g/mol. The lowest BCUT2D eigenvalue weighted by molar-refractivity contribution is -0.117. The van der Waals surface area contributed by atoms with Gasteiger partial charge in [-0.3, -0.25) is 9.48 Å². The van der Waals surface area contributed by atoms with Crippen LogP contribution in [0, 0.1) is 0 Å². The number of carbonyl (C=O) groups is 1. The number of likely N-dealkylation sites (N-methyl/N-ethyl adjacent to an activating group) is 1. The van der Waals surface area contributed by atoms with Crippen molar-refractivity contribution in [1.29, 1.82) is 0 Å². The molecule has 0 unspecified atom stereocenters. The van der Waals surface area contributed by atoms with Crippen LogP contribution in [0.1, 0.15) is 25.1 Å². The number of nitrogens with one attached hydrogen (secondary N) is 2. The monoisotopic (exact) mass is 498 g/mol. The molecule has 5 heterocycles. The largest absolute Gasteiger partial charge is 0.478 e. The van der Waals surface area contributed by atoms with Gasteiger partial charge in [-0.2, -0.15) is 4.98 Å². The second-order valence-corrected chi connectivity index (χ2v) is 9.20. The number of likely N-dealkylation sites (tertiary alicyclic amines) is 1. The van der Waals surface area contributed by atoms with Crippen molar-refractivity contribution in [3.63, 3.8) is 0 Å². The van der Waals surface area contributed by atoms with Crippen molar-refractivity contribution in [3.8, 4) is 5.88 Å². The van der Waals surface area contributed by atoms with Crippen LogP contribution >= 0.6 is 0 Å². The molecule has 5 rings (SSSR count). The van der Waals surface area contributed by atoms with Crippen molar-refractivity contribution >= 4 is 29.0 Å². The number of hydrogen-bond donors (Lipinski definition) is 2. The van der Waals surface area contributed by atoms with E-state index in [4.69, 9.17) is 9.72 Å². The molecule has 3 atom stereocenters. The maximum Gasteiger partial charge on any atom is 0.256 e. The van der Waals surface area contributed by atoms with Crippen molar-refractivity contribution in [2.75, 3.05) is 50.6 Å². The van der Waals surface area contributed by atoms with Crippen molar-refractivity contribution in [3.05, 3.63) is 30.7 Å². The highest BCUT2D eigenvalue weighted by molar-refractivity contribution is 5.87. The minimum atomic E-state index is -1.26. The summed E-state index contributed by atoms with van der Waals surface area (Å²) in [6.07, 6.45) is 5.25. The Balaban J connectivity index is 1.48. The van der Waals surface area contributed by atoms with Gasteiger partial charge in [0.05, 0.1) is 43.8 Å². The van der Waals surface area contributed by atoms with Crippen LogP contribution in [0.3, 0.4) is 0 Å². The molecule has 2 saturated heterocycles. The highest BCUT2D eigenvalue weighted by Gasteiger charge is 2.35. The van der Waals surface area contributed by atoms with E-state index >= 15 is 0 Å². The number of aryl methyl sites for hydroxylation is 1. The van der Waals surface area contributed by atoms with Gasteiger partial charge in [0.2, 0.25) is 11.9 Å². The fourth-order valence-electron chi connectivity index (χ4n) is 4.73. The first-order valence-corrected chi connectivity index (χ1v) is 12.1. The SMILES string of the molecule is C=CC(=O)N[C@@H]1CN(c2nc(Nc3cn([C@@H]4CCN(C)C4)nc3OC)c3ncc(CC)n3n2)C[C@H]1F. The van der Waals surface area contributed by atoms with Gasteiger partial charge >= 0.3 is 0 Å². The molecule has 12 nitrogen and oxygen atoms in total. The first kappa shape index (κ1) is 24.0. The second-order valence-electron chi connectivity index (χ2n) is 9.20. The van der Waals surface area contributed by atoms with E-state index in [0.29, 0.717) is 35.4 Å². The Kier molecular flexibility index (Phi) is 6.48. The summed E-state index contributed by atoms with van der Waals surface area (Å²) in [5.74, 6) is 0.820. The minimum absolute atomic E-state index is 0.0552. The Morgan fingerprint density at radius 2 is 2.17 bits per heavy atom. The van der Waals surface area contributed by atoms with Crippen LogP contribution in [0.2, 0.25) is 0 Å². The third-order valence-electron chi connectivity index (χ3n) is 6.71. The third kappa shape index (κ3) is 4.45. The van der Waals surface area contributed by atoms with Crippen LogP contribution in [0.25, 0.3) is 5.65 Å². The number of hydrogen-bond acceptors (Lipinski definition) is 9. The van der Waals surface area contributed by atoms with Gasteiger partial charge in [-0.1, -0.05) is 13.5 Å². The van der Waals surface area contributed by atoms with E-state index in [1.165, 1.54) is 0 Å². The summed E-state index contributed by atoms with van der Waals surface area (Å²) in [5.41, 5.74) is 2.08. The number of fused-ring (bicyclic) bond motifs is 1. The molecule has 13 heteroatoms. The first-order chi connectivity index (χ1) is 17.4. The van der Waals surface area contributed by atoms with Gasteiger partial charge in [-0.15, -0.1) is 10.2 Å². The molecule has 2 aliphatic rings. The van der Waals surface area contributed by atoms with Gasteiger partial charge < -0.3 is 25.2 Å². The number of halogens is 1. The van der Waals surface area contributed by atoms with Gasteiger partial charge in [-0.25, -0.2) is 13.9 Å². The molecule has 0 aromatic carbocycles. The third-order valence-corrected chi connectivity index (χ3v) is 6.71. The van der Waals surface area contributed by atoms with Crippen molar-refractivity contribution in [2.24, 2.45) is 0 Å². The van der Waals surface area contributed by atoms with Crippen LogP contribution in [0.4, 0.5) is 21.8 Å². The number of rotatable bonds is 8. The average Bonchev–Trinajstić information content (AvgIpc) is 3.65. The summed E-state index contributed by atoms with van der Waals surface area (Å²) < 4.78 is 23.9. The summed E-state index contributed by atoms with van der Waals surface area (Å²) >= 11 is 0. The predicted molar refractivity (Wildman–Crippen MR) is 133 cm³/mol. The molecule has 0 aliphatic carbocycles. The lowest BCUT2D eigenvalue weighted by atomic mass is 10.2. The maximum absolute atomic E-state index is 14.7. The molecule has 3 aromatic heterocycles. The Bertz CT molecular complexity index is 1270. The lowest BCUT2D eigenvalue weighted by Crippen LogP contribution is -2.40. The Hall–Kier alpha value is -3.74. The molecule has 3 aromatic rings. The number of methoxy groups -OCH3 is 1. The minimum Gasteiger partial charge on any atom is -0.478 e. The Morgan fingerprint density at radius 1 is 1.33 bits per heavy atom. The smallest absolute Gasteiger partial charge is 0.256 e. The standard InChI is InChI=1S/C23H31FN10O2/c1-5-14-9-25-21-20(27-18-13-33(29-22(18)36-4)15-7-8-31(3)10-15)28-23(30-34(14)21)32-11-16(24)17(12-32)26-19(35)6-2/h6,9,13,15-17H,2,5,7-8,10-12H2,1,3-4H3,(H,26,35)(H,27,28,30)/t15-,16-,17-/m1/s1. The summed E-state index contributed by atoms with van der Waals surface area (Å²) in [4.78, 5) is 24.9. The van der Waals surface area contributed by atoms with Crippen LogP contribution in [-0.2, 0) is 11.2 Å². The number of ether oxygens (including phenoxy) is 1. The van der Waals surface area contributed by atoms with Crippen LogP contribution < -0.4 is 20.3 Å². The lowest BCUT2D eigenvalue weighted by Gasteiger charge is -2.18. The van der Waals surface area contributed by atoms with Crippen LogP contribution in [0.5, 0.6) is 5.88 Å². The normalized spacial score (nSPS) is 22.3. The molecule has 192 valence electrons. The zero-order chi connectivity index (χ0) is 25.4. The fraction of sp³-hybridized carbons (Fsp3) is 0.522. The molecule has 2 aliphatic heterocycles. The van der Waals surface area contributed by atoms with Crippen LogP contribution in [0.15, 0.2) is 25.0 Å². The summed E-state index contributed by atoms with van der Waals surface area (Å²) in [6, 6.07) is -0.421. The number of aromatic nitrogens is 6. The number of amides is 1. The van der Waals surface area contributed by atoms with Crippen molar-refractivity contribution in [2.45, 2.75) is 38.0 Å². The van der Waals surface area contributed by atoms with Gasteiger partial charge in [0.25, 0.3) is 5.88 Å². The Morgan fingerprint density at radius 3 is 2.86 bits per heavy atom. The van der Waals surface area contributed by atoms with E-state index in [2.05, 4.69) is 44.3 Å². The zero-order valence-electron chi connectivity index (χ0n) is 20.7. The number of nitrogens with zero attached hydrogens (tertiary/aromatic N) is 8. The van der Waals surface area contributed by atoms with E-state index in [1.807, 2.05) is 17.8 Å². The van der Waals surface area contributed by atoms with E-state index in [-0.39, 0.29) is 19.1 Å². The van der Waals surface area contributed by atoms with E-state index in [9.17, 15) is 9.18 Å². The summed E-state index contributed by atoms with van der Waals surface area (Å²) in [7, 11) is 3.67. The molecule has 2 N–H and O–H groups in total. The average molecular weight is 499 g/mol. The molecule has 36 heavy (non-hydrogen) atoms. The highest BCUT2D eigenvalue weighted by atomic mass is 19.1. The maximum atomic E-state index is 14.7. The molecule has 0 bridgehead atoms. The predicted octanol–water partition coefficient (Wildman–Crippen LogP) is 1.34. The number of anilines is 3. The molecule has 0 spiro atoms. The van der Waals surface area contributed by atoms with Gasteiger partial charge in [0.15, 0.2) is 11.5 Å². The molecule has 0 saturated carbocycles. The van der Waals surface area contributed by atoms with Gasteiger partial charge in [0, 0.05) is 13.1 Å². The molecular formula is C23H31FN10O2. The first-order valence-electron chi connectivity index (χ1n) is 12.1. The topological polar surface area (TPSA) is 118 Å². The van der Waals surface area contributed by atoms with E-state index < -0.39 is 18.1 Å². The van der Waals surface area contributed by atoms with Crippen LogP contribution in [-0.4, -0.2) is 92.7 Å². The molecule has 1 amide bonds. The summed E-state index contributed by atoms with van der Waals surface area (Å²) in [6.45, 7) is 7.66. The quantitative estimate of drug-likeness (QED) is 0.444. The number of alkyl halides is 1. The fourth-order valence-corrected chi connectivity index (χ4v) is 4.73. The van der Waals surface area contributed by atoms with E-state index in [1.54, 1.807) is 22.7 Å². The van der Waals surface area contributed by atoms with Gasteiger partial charge in [0.1, 0.15) is 11.9 Å². The summed E-state index contributed by atoms with van der Waals surface area (Å²) in [5, 5.41) is 15.2. The highest BCUT2D eigenvalue weighted by Crippen LogP contribution is 2.32. The Labute approximate surface area is 208 Å². The molecule has 2 fully saturated rings. The van der Waals surface area contributed by atoms with E-state index in [0.717, 1.165) is 31.3 Å². The van der Waals surface area contributed by atoms with Crippen molar-refractivity contribution in [1.82, 2.24) is 39.6 Å². The number of carbonyl (C=O) groups excluding carboxylic acids is 1. The zero-order valence-corrected chi connectivity index (χ0v) is 20.7.